The number of unbranched alkanes of at least 4 members (excludes halogenated alkanes) is 4. The molecule has 3 nitrogen and oxygen atoms in total. The first-order chi connectivity index (χ1) is 10.1. The van der Waals surface area contributed by atoms with E-state index in [4.69, 9.17) is 4.74 Å². The molecule has 0 aliphatic heterocycles. The summed E-state index contributed by atoms with van der Waals surface area (Å²) in [6, 6.07) is 4.01. The number of ketones is 2. The number of rotatable bonds is 10. The van der Waals surface area contributed by atoms with Gasteiger partial charge in [0.05, 0.1) is 13.5 Å². The summed E-state index contributed by atoms with van der Waals surface area (Å²) >= 11 is 0. The van der Waals surface area contributed by atoms with E-state index in [1.165, 1.54) is 25.7 Å². The fraction of sp³-hybridized carbons (Fsp3) is 0.529. The van der Waals surface area contributed by atoms with Crippen molar-refractivity contribution in [2.75, 3.05) is 7.11 Å². The predicted octanol–water partition coefficient (Wildman–Crippen LogP) is 4.34. The van der Waals surface area contributed by atoms with Crippen molar-refractivity contribution < 1.29 is 18.7 Å². The van der Waals surface area contributed by atoms with Crippen LogP contribution >= 0.6 is 0 Å². The summed E-state index contributed by atoms with van der Waals surface area (Å²) in [5.41, 5.74) is 0.215. The summed E-state index contributed by atoms with van der Waals surface area (Å²) in [6.07, 6.45) is 5.58. The number of carbonyl (C=O) groups is 2. The van der Waals surface area contributed by atoms with Gasteiger partial charge in [0.2, 0.25) is 0 Å². The van der Waals surface area contributed by atoms with Gasteiger partial charge < -0.3 is 4.74 Å². The Kier molecular flexibility index (Phi) is 7.65. The molecule has 0 aliphatic rings. The molecule has 21 heavy (non-hydrogen) atoms. The molecule has 0 aliphatic carbocycles. The maximum atomic E-state index is 13.5. The van der Waals surface area contributed by atoms with Crippen LogP contribution in [0.5, 0.6) is 5.75 Å². The van der Waals surface area contributed by atoms with Gasteiger partial charge in [-0.3, -0.25) is 9.59 Å². The fourth-order valence-electron chi connectivity index (χ4n) is 2.14. The summed E-state index contributed by atoms with van der Waals surface area (Å²) in [5.74, 6) is -0.910. The average molecular weight is 294 g/mol. The van der Waals surface area contributed by atoms with Crippen molar-refractivity contribution in [2.24, 2.45) is 0 Å². The highest BCUT2D eigenvalue weighted by atomic mass is 19.1. The second-order valence-corrected chi connectivity index (χ2v) is 5.15. The Bertz CT molecular complexity index is 483. The molecule has 0 spiro atoms. The summed E-state index contributed by atoms with van der Waals surface area (Å²) in [7, 11) is 1.36. The van der Waals surface area contributed by atoms with E-state index in [-0.39, 0.29) is 29.3 Å². The molecule has 4 heteroatoms. The number of carbonyl (C=O) groups excluding carboxylic acids is 2. The standard InChI is InChI=1S/C17H23FO3/c1-3-4-5-6-7-8-14(19)12-16(20)13-9-10-17(21-2)15(18)11-13/h9-11H,3-8,12H2,1-2H3. The van der Waals surface area contributed by atoms with Gasteiger partial charge in [-0.2, -0.15) is 0 Å². The molecule has 1 aromatic rings. The van der Waals surface area contributed by atoms with Crippen molar-refractivity contribution in [3.63, 3.8) is 0 Å². The molecule has 0 unspecified atom stereocenters. The smallest absolute Gasteiger partial charge is 0.170 e. The lowest BCUT2D eigenvalue weighted by atomic mass is 10.0. The van der Waals surface area contributed by atoms with Crippen LogP contribution in [-0.4, -0.2) is 18.7 Å². The van der Waals surface area contributed by atoms with E-state index in [0.717, 1.165) is 31.7 Å². The molecule has 0 saturated carbocycles. The van der Waals surface area contributed by atoms with E-state index in [9.17, 15) is 14.0 Å². The van der Waals surface area contributed by atoms with E-state index in [1.807, 2.05) is 0 Å². The molecule has 1 rings (SSSR count). The number of hydrogen-bond acceptors (Lipinski definition) is 3. The molecule has 0 fully saturated rings. The van der Waals surface area contributed by atoms with Crippen molar-refractivity contribution >= 4 is 11.6 Å². The maximum Gasteiger partial charge on any atom is 0.170 e. The van der Waals surface area contributed by atoms with Gasteiger partial charge in [-0.1, -0.05) is 32.6 Å². The first kappa shape index (κ1) is 17.3. The molecule has 0 radical (unpaired) electrons. The van der Waals surface area contributed by atoms with E-state index >= 15 is 0 Å². The van der Waals surface area contributed by atoms with Crippen LogP contribution < -0.4 is 4.74 Å². The summed E-state index contributed by atoms with van der Waals surface area (Å²) in [4.78, 5) is 23.6. The van der Waals surface area contributed by atoms with Crippen molar-refractivity contribution in [3.8, 4) is 5.75 Å². The van der Waals surface area contributed by atoms with Crippen molar-refractivity contribution in [1.29, 1.82) is 0 Å². The highest BCUT2D eigenvalue weighted by Crippen LogP contribution is 2.19. The lowest BCUT2D eigenvalue weighted by Crippen LogP contribution is -2.08. The molecule has 0 atom stereocenters. The Balaban J connectivity index is 2.42. The van der Waals surface area contributed by atoms with Crippen LogP contribution in [0.2, 0.25) is 0 Å². The molecule has 0 aromatic heterocycles. The third kappa shape index (κ3) is 6.06. The Morgan fingerprint density at radius 2 is 1.86 bits per heavy atom. The lowest BCUT2D eigenvalue weighted by Gasteiger charge is -2.05. The highest BCUT2D eigenvalue weighted by Gasteiger charge is 2.14. The van der Waals surface area contributed by atoms with Gasteiger partial charge in [0.15, 0.2) is 17.3 Å². The first-order valence-electron chi connectivity index (χ1n) is 7.47. The summed E-state index contributed by atoms with van der Waals surface area (Å²) in [6.45, 7) is 2.14. The zero-order chi connectivity index (χ0) is 15.7. The number of hydrogen-bond donors (Lipinski definition) is 0. The minimum absolute atomic E-state index is 0.0762. The van der Waals surface area contributed by atoms with Crippen molar-refractivity contribution in [2.45, 2.75) is 51.9 Å². The zero-order valence-electron chi connectivity index (χ0n) is 12.8. The van der Waals surface area contributed by atoms with Gasteiger partial charge in [-0.05, 0) is 24.6 Å². The Hall–Kier alpha value is -1.71. The van der Waals surface area contributed by atoms with Gasteiger partial charge >= 0.3 is 0 Å². The Morgan fingerprint density at radius 3 is 2.48 bits per heavy atom. The molecule has 0 bridgehead atoms. The van der Waals surface area contributed by atoms with Crippen LogP contribution in [0.25, 0.3) is 0 Å². The normalized spacial score (nSPS) is 10.4. The van der Waals surface area contributed by atoms with E-state index in [2.05, 4.69) is 6.92 Å². The second kappa shape index (κ2) is 9.27. The molecular weight excluding hydrogens is 271 g/mol. The van der Waals surface area contributed by atoms with Crippen LogP contribution in [0.3, 0.4) is 0 Å². The molecule has 0 heterocycles. The van der Waals surface area contributed by atoms with E-state index < -0.39 is 5.82 Å². The molecule has 1 aromatic carbocycles. The quantitative estimate of drug-likeness (QED) is 0.366. The lowest BCUT2D eigenvalue weighted by molar-refractivity contribution is -0.118. The average Bonchev–Trinajstić information content (AvgIpc) is 2.46. The largest absolute Gasteiger partial charge is 0.494 e. The molecule has 0 amide bonds. The van der Waals surface area contributed by atoms with Crippen LogP contribution in [0.1, 0.15) is 62.2 Å². The van der Waals surface area contributed by atoms with Crippen LogP contribution in [0, 0.1) is 5.82 Å². The number of benzene rings is 1. The fourth-order valence-corrected chi connectivity index (χ4v) is 2.14. The maximum absolute atomic E-state index is 13.5. The van der Waals surface area contributed by atoms with E-state index in [1.54, 1.807) is 0 Å². The number of methoxy groups -OCH3 is 1. The summed E-state index contributed by atoms with van der Waals surface area (Å²) < 4.78 is 18.3. The third-order valence-corrected chi connectivity index (χ3v) is 3.39. The number of ether oxygens (including phenoxy) is 1. The Morgan fingerprint density at radius 1 is 1.14 bits per heavy atom. The molecule has 0 N–H and O–H groups in total. The van der Waals surface area contributed by atoms with Crippen LogP contribution in [-0.2, 0) is 4.79 Å². The minimum atomic E-state index is -0.588. The number of Topliss-reactive ketones (excluding diaryl/α,β-unsaturated/α-hetero) is 2. The van der Waals surface area contributed by atoms with E-state index in [0.29, 0.717) is 6.42 Å². The van der Waals surface area contributed by atoms with Gasteiger partial charge in [0.25, 0.3) is 0 Å². The third-order valence-electron chi connectivity index (χ3n) is 3.39. The zero-order valence-corrected chi connectivity index (χ0v) is 12.8. The highest BCUT2D eigenvalue weighted by molar-refractivity contribution is 6.07. The molecular formula is C17H23FO3. The van der Waals surface area contributed by atoms with Gasteiger partial charge in [-0.25, -0.2) is 4.39 Å². The van der Waals surface area contributed by atoms with Crippen LogP contribution in [0.4, 0.5) is 4.39 Å². The number of halogens is 1. The molecule has 116 valence electrons. The second-order valence-electron chi connectivity index (χ2n) is 5.15. The van der Waals surface area contributed by atoms with Gasteiger partial charge in [0.1, 0.15) is 5.78 Å². The van der Waals surface area contributed by atoms with Crippen LogP contribution in [0.15, 0.2) is 18.2 Å². The topological polar surface area (TPSA) is 43.4 Å². The van der Waals surface area contributed by atoms with Crippen molar-refractivity contribution in [3.05, 3.63) is 29.6 Å². The van der Waals surface area contributed by atoms with Gasteiger partial charge in [0, 0.05) is 12.0 Å². The first-order valence-corrected chi connectivity index (χ1v) is 7.47. The predicted molar refractivity (Wildman–Crippen MR) is 80.3 cm³/mol. The molecule has 0 saturated heterocycles. The monoisotopic (exact) mass is 294 g/mol. The van der Waals surface area contributed by atoms with Crippen molar-refractivity contribution in [1.82, 2.24) is 0 Å². The van der Waals surface area contributed by atoms with Gasteiger partial charge in [-0.15, -0.1) is 0 Å². The minimum Gasteiger partial charge on any atom is -0.494 e. The summed E-state index contributed by atoms with van der Waals surface area (Å²) in [5, 5.41) is 0. The SMILES string of the molecule is CCCCCCCC(=O)CC(=O)c1ccc(OC)c(F)c1. The Labute approximate surface area is 125 Å².